The second-order valence-corrected chi connectivity index (χ2v) is 11.9. The number of thiophene rings is 1. The lowest BCUT2D eigenvalue weighted by molar-refractivity contribution is -0.126. The zero-order valence-electron chi connectivity index (χ0n) is 18.1. The number of nitrogens with one attached hydrogen (secondary N) is 1. The molecule has 0 aliphatic carbocycles. The van der Waals surface area contributed by atoms with E-state index in [1.165, 1.54) is 21.3 Å². The predicted octanol–water partition coefficient (Wildman–Crippen LogP) is 3.65. The maximum Gasteiger partial charge on any atom is 0.244 e. The van der Waals surface area contributed by atoms with E-state index in [1.807, 2.05) is 11.4 Å². The van der Waals surface area contributed by atoms with E-state index in [0.717, 1.165) is 13.1 Å². The lowest BCUT2D eigenvalue weighted by atomic mass is 9.97. The molecule has 2 aromatic rings. The van der Waals surface area contributed by atoms with Gasteiger partial charge in [-0.15, -0.1) is 11.3 Å². The minimum atomic E-state index is -3.77. The Morgan fingerprint density at radius 3 is 2.55 bits per heavy atom. The average Bonchev–Trinajstić information content (AvgIpc) is 3.36. The fourth-order valence-electron chi connectivity index (χ4n) is 4.29. The number of carbonyl (C=O) groups excluding carboxylic acids is 1. The number of piperidine rings is 1. The molecule has 1 N–H and O–H groups in total. The van der Waals surface area contributed by atoms with Crippen molar-refractivity contribution in [2.75, 3.05) is 45.9 Å². The Kier molecular flexibility index (Phi) is 8.32. The third-order valence-electron chi connectivity index (χ3n) is 6.16. The number of amides is 1. The van der Waals surface area contributed by atoms with Crippen LogP contribution in [-0.4, -0.2) is 69.5 Å². The summed E-state index contributed by atoms with van der Waals surface area (Å²) in [5.41, 5.74) is 0. The van der Waals surface area contributed by atoms with Gasteiger partial charge in [0.15, 0.2) is 0 Å². The number of ether oxygens (including phenoxy) is 1. The molecule has 11 heteroatoms. The van der Waals surface area contributed by atoms with Gasteiger partial charge in [0.2, 0.25) is 15.9 Å². The van der Waals surface area contributed by atoms with Gasteiger partial charge in [0.05, 0.1) is 24.3 Å². The van der Waals surface area contributed by atoms with Crippen molar-refractivity contribution >= 4 is 50.5 Å². The standard InChI is InChI=1S/C22H27Cl2N3O4S2/c23-17-3-4-18(24)21(14-17)33(29,30)27-7-5-16(6-8-27)22(28)25-15-19(20-2-1-13-32-20)26-9-11-31-12-10-26/h1-4,13-14,16,19H,5-12,15H2,(H,25,28)/t19-/m1/s1. The number of nitrogens with zero attached hydrogens (tertiary/aromatic N) is 2. The van der Waals surface area contributed by atoms with Crippen LogP contribution in [0.5, 0.6) is 0 Å². The number of sulfonamides is 1. The number of hydrogen-bond donors (Lipinski definition) is 1. The van der Waals surface area contributed by atoms with E-state index < -0.39 is 10.0 Å². The minimum absolute atomic E-state index is 0.00358. The summed E-state index contributed by atoms with van der Waals surface area (Å²) >= 11 is 13.8. The molecule has 4 rings (SSSR count). The number of halogens is 2. The maximum atomic E-state index is 13.0. The number of morpholine rings is 1. The summed E-state index contributed by atoms with van der Waals surface area (Å²) in [5, 5.41) is 5.62. The number of carbonyl (C=O) groups is 1. The van der Waals surface area contributed by atoms with Gasteiger partial charge in [-0.1, -0.05) is 29.3 Å². The van der Waals surface area contributed by atoms with Gasteiger partial charge in [-0.25, -0.2) is 8.42 Å². The summed E-state index contributed by atoms with van der Waals surface area (Å²) in [4.78, 5) is 16.5. The van der Waals surface area contributed by atoms with Crippen LogP contribution in [0.2, 0.25) is 10.0 Å². The van der Waals surface area contributed by atoms with Crippen LogP contribution in [0, 0.1) is 5.92 Å². The summed E-state index contributed by atoms with van der Waals surface area (Å²) in [6.45, 7) is 4.11. The van der Waals surface area contributed by atoms with Crippen LogP contribution in [0.25, 0.3) is 0 Å². The second-order valence-electron chi connectivity index (χ2n) is 8.18. The van der Waals surface area contributed by atoms with Crippen molar-refractivity contribution in [2.45, 2.75) is 23.8 Å². The van der Waals surface area contributed by atoms with Crippen molar-refractivity contribution in [1.29, 1.82) is 0 Å². The smallest absolute Gasteiger partial charge is 0.244 e. The van der Waals surface area contributed by atoms with E-state index in [0.29, 0.717) is 37.6 Å². The van der Waals surface area contributed by atoms with Crippen LogP contribution in [0.4, 0.5) is 0 Å². The summed E-state index contributed by atoms with van der Waals surface area (Å²) in [5.74, 6) is -0.248. The zero-order chi connectivity index (χ0) is 23.4. The Morgan fingerprint density at radius 2 is 1.88 bits per heavy atom. The normalized spacial score (nSPS) is 19.9. The van der Waals surface area contributed by atoms with E-state index in [4.69, 9.17) is 27.9 Å². The first-order chi connectivity index (χ1) is 15.9. The molecule has 2 fully saturated rings. The Labute approximate surface area is 208 Å². The van der Waals surface area contributed by atoms with Crippen molar-refractivity contribution in [2.24, 2.45) is 5.92 Å². The quantitative estimate of drug-likeness (QED) is 0.589. The fourth-order valence-corrected chi connectivity index (χ4v) is 7.36. The third kappa shape index (κ3) is 5.90. The van der Waals surface area contributed by atoms with Crippen LogP contribution in [0.1, 0.15) is 23.8 Å². The molecule has 2 saturated heterocycles. The molecule has 2 aliphatic rings. The molecule has 1 amide bonds. The van der Waals surface area contributed by atoms with E-state index >= 15 is 0 Å². The molecule has 1 aromatic carbocycles. The number of hydrogen-bond acceptors (Lipinski definition) is 6. The molecule has 1 aromatic heterocycles. The van der Waals surface area contributed by atoms with Gasteiger partial charge in [0, 0.05) is 48.5 Å². The van der Waals surface area contributed by atoms with E-state index in [2.05, 4.69) is 16.3 Å². The SMILES string of the molecule is O=C(NC[C@H](c1cccs1)N1CCOCC1)C1CCN(S(=O)(=O)c2cc(Cl)ccc2Cl)CC1. The molecular weight excluding hydrogens is 505 g/mol. The first-order valence-electron chi connectivity index (χ1n) is 10.9. The average molecular weight is 533 g/mol. The Morgan fingerprint density at radius 1 is 1.15 bits per heavy atom. The van der Waals surface area contributed by atoms with Crippen molar-refractivity contribution in [1.82, 2.24) is 14.5 Å². The van der Waals surface area contributed by atoms with Crippen molar-refractivity contribution < 1.29 is 17.9 Å². The Bertz CT molecular complexity index is 1050. The molecule has 0 radical (unpaired) electrons. The van der Waals surface area contributed by atoms with Crippen molar-refractivity contribution in [3.63, 3.8) is 0 Å². The van der Waals surface area contributed by atoms with Gasteiger partial charge >= 0.3 is 0 Å². The molecule has 1 atom stereocenters. The van der Waals surface area contributed by atoms with Gasteiger partial charge in [-0.05, 0) is 42.5 Å². The topological polar surface area (TPSA) is 79.0 Å². The van der Waals surface area contributed by atoms with Crippen LogP contribution in [0.15, 0.2) is 40.6 Å². The van der Waals surface area contributed by atoms with Crippen molar-refractivity contribution in [3.8, 4) is 0 Å². The fraction of sp³-hybridized carbons (Fsp3) is 0.500. The van der Waals surface area contributed by atoms with Crippen LogP contribution in [0.3, 0.4) is 0 Å². The van der Waals surface area contributed by atoms with Gasteiger partial charge in [-0.2, -0.15) is 4.31 Å². The largest absolute Gasteiger partial charge is 0.379 e. The lowest BCUT2D eigenvalue weighted by Crippen LogP contribution is -2.46. The molecule has 0 unspecified atom stereocenters. The highest BCUT2D eigenvalue weighted by Gasteiger charge is 2.34. The molecule has 3 heterocycles. The number of benzene rings is 1. The van der Waals surface area contributed by atoms with Crippen molar-refractivity contribution in [3.05, 3.63) is 50.6 Å². The first-order valence-corrected chi connectivity index (χ1v) is 14.0. The van der Waals surface area contributed by atoms with E-state index in [-0.39, 0.29) is 40.9 Å². The van der Waals surface area contributed by atoms with Gasteiger partial charge in [0.25, 0.3) is 0 Å². The summed E-state index contributed by atoms with van der Waals surface area (Å²) in [6.07, 6.45) is 0.926. The monoisotopic (exact) mass is 531 g/mol. The minimum Gasteiger partial charge on any atom is -0.379 e. The number of rotatable bonds is 7. The highest BCUT2D eigenvalue weighted by Crippen LogP contribution is 2.31. The molecule has 0 bridgehead atoms. The molecule has 33 heavy (non-hydrogen) atoms. The summed E-state index contributed by atoms with van der Waals surface area (Å²) in [7, 11) is -3.77. The highest BCUT2D eigenvalue weighted by atomic mass is 35.5. The molecule has 7 nitrogen and oxygen atoms in total. The van der Waals surface area contributed by atoms with Crippen LogP contribution < -0.4 is 5.32 Å². The van der Waals surface area contributed by atoms with Gasteiger partial charge in [0.1, 0.15) is 4.90 Å². The molecule has 0 spiro atoms. The molecule has 180 valence electrons. The van der Waals surface area contributed by atoms with Crippen LogP contribution in [-0.2, 0) is 19.6 Å². The maximum absolute atomic E-state index is 13.0. The molecular formula is C22H27Cl2N3O4S2. The lowest BCUT2D eigenvalue weighted by Gasteiger charge is -2.35. The highest BCUT2D eigenvalue weighted by molar-refractivity contribution is 7.89. The van der Waals surface area contributed by atoms with Gasteiger partial charge < -0.3 is 10.1 Å². The van der Waals surface area contributed by atoms with Crippen LogP contribution >= 0.6 is 34.5 Å². The third-order valence-corrected chi connectivity index (χ3v) is 9.75. The summed E-state index contributed by atoms with van der Waals surface area (Å²) < 4.78 is 32.9. The zero-order valence-corrected chi connectivity index (χ0v) is 21.2. The van der Waals surface area contributed by atoms with E-state index in [9.17, 15) is 13.2 Å². The van der Waals surface area contributed by atoms with Gasteiger partial charge in [-0.3, -0.25) is 9.69 Å². The Balaban J connectivity index is 1.34. The Hall–Kier alpha value is -1.20. The summed E-state index contributed by atoms with van der Waals surface area (Å²) in [6, 6.07) is 8.64. The first kappa shape index (κ1) is 24.9. The molecule has 2 aliphatic heterocycles. The second kappa shape index (κ2) is 11.0. The van der Waals surface area contributed by atoms with E-state index in [1.54, 1.807) is 17.4 Å². The predicted molar refractivity (Wildman–Crippen MR) is 130 cm³/mol. The molecule has 0 saturated carbocycles.